The lowest BCUT2D eigenvalue weighted by atomic mass is 9.92. The van der Waals surface area contributed by atoms with Crippen LogP contribution in [0.1, 0.15) is 47.7 Å². The third-order valence-corrected chi connectivity index (χ3v) is 7.59. The number of nitrogens with one attached hydrogen (secondary N) is 3. The van der Waals surface area contributed by atoms with E-state index in [0.29, 0.717) is 47.6 Å². The molecule has 8 nitrogen and oxygen atoms in total. The van der Waals surface area contributed by atoms with Crippen molar-refractivity contribution in [2.24, 2.45) is 0 Å². The maximum Gasteiger partial charge on any atom is 0.255 e. The van der Waals surface area contributed by atoms with E-state index >= 15 is 0 Å². The highest BCUT2D eigenvalue weighted by molar-refractivity contribution is 6.07. The number of aromatic amines is 1. The lowest BCUT2D eigenvalue weighted by Gasteiger charge is -2.27. The molecule has 36 heavy (non-hydrogen) atoms. The van der Waals surface area contributed by atoms with Crippen LogP contribution < -0.4 is 20.1 Å². The van der Waals surface area contributed by atoms with Gasteiger partial charge in [-0.2, -0.15) is 0 Å². The first-order chi connectivity index (χ1) is 17.6. The fourth-order valence-electron chi connectivity index (χ4n) is 5.80. The number of benzene rings is 1. The van der Waals surface area contributed by atoms with Gasteiger partial charge in [-0.1, -0.05) is 6.07 Å². The summed E-state index contributed by atoms with van der Waals surface area (Å²) in [5.41, 5.74) is 3.97. The van der Waals surface area contributed by atoms with E-state index in [-0.39, 0.29) is 17.6 Å². The summed E-state index contributed by atoms with van der Waals surface area (Å²) < 4.78 is 26.2. The fourth-order valence-corrected chi connectivity index (χ4v) is 5.80. The number of aromatic nitrogens is 2. The van der Waals surface area contributed by atoms with Crippen LogP contribution in [0.2, 0.25) is 0 Å². The molecule has 9 heteroatoms. The van der Waals surface area contributed by atoms with Gasteiger partial charge in [0.15, 0.2) is 11.6 Å². The summed E-state index contributed by atoms with van der Waals surface area (Å²) in [6.07, 6.45) is 7.71. The van der Waals surface area contributed by atoms with Gasteiger partial charge in [-0.25, -0.2) is 4.39 Å². The van der Waals surface area contributed by atoms with Crippen LogP contribution in [0, 0.1) is 5.82 Å². The van der Waals surface area contributed by atoms with Gasteiger partial charge in [0.05, 0.1) is 35.9 Å². The monoisotopic (exact) mass is 491 g/mol. The SMILES string of the molecule is COc1c(F)cccc1Nc1c2[nH]c3c1C(=O)NC[C@@H]3CCCN1CCC[C@@H]1COc1cnccc1-2. The first-order valence-corrected chi connectivity index (χ1v) is 12.6. The number of halogens is 1. The van der Waals surface area contributed by atoms with Crippen molar-refractivity contribution in [3.63, 3.8) is 0 Å². The van der Waals surface area contributed by atoms with Gasteiger partial charge in [-0.15, -0.1) is 0 Å². The number of fused-ring (bicyclic) bond motifs is 4. The van der Waals surface area contributed by atoms with Crippen molar-refractivity contribution in [2.45, 2.75) is 37.6 Å². The Balaban J connectivity index is 1.51. The summed E-state index contributed by atoms with van der Waals surface area (Å²) in [6, 6.07) is 6.97. The summed E-state index contributed by atoms with van der Waals surface area (Å²) in [6.45, 7) is 3.27. The Labute approximate surface area is 209 Å². The summed E-state index contributed by atoms with van der Waals surface area (Å²) in [4.78, 5) is 23.6. The molecule has 5 heterocycles. The van der Waals surface area contributed by atoms with Crippen LogP contribution in [0.15, 0.2) is 36.7 Å². The third kappa shape index (κ3) is 3.97. The lowest BCUT2D eigenvalue weighted by Crippen LogP contribution is -2.37. The number of para-hydroxylation sites is 1. The second kappa shape index (κ2) is 9.46. The van der Waals surface area contributed by atoms with Gasteiger partial charge in [-0.3, -0.25) is 14.7 Å². The molecule has 6 rings (SSSR count). The Morgan fingerprint density at radius 1 is 1.22 bits per heavy atom. The smallest absolute Gasteiger partial charge is 0.255 e. The minimum absolute atomic E-state index is 0.0908. The van der Waals surface area contributed by atoms with Crippen LogP contribution >= 0.6 is 0 Å². The van der Waals surface area contributed by atoms with E-state index in [0.717, 1.165) is 43.6 Å². The van der Waals surface area contributed by atoms with Gasteiger partial charge in [0.25, 0.3) is 5.91 Å². The van der Waals surface area contributed by atoms with Gasteiger partial charge in [-0.05, 0) is 57.0 Å². The van der Waals surface area contributed by atoms with Crippen molar-refractivity contribution in [2.75, 3.05) is 38.7 Å². The van der Waals surface area contributed by atoms with Crippen LogP contribution in [-0.2, 0) is 0 Å². The number of hydrogen-bond acceptors (Lipinski definition) is 6. The highest BCUT2D eigenvalue weighted by atomic mass is 19.1. The number of H-pyrrole nitrogens is 1. The summed E-state index contributed by atoms with van der Waals surface area (Å²) in [7, 11) is 1.43. The standard InChI is InChI=1S/C27H30FN5O3/c1-35-26-19(28)7-2-8-20(26)31-25-22-23-16(13-30-27(22)34)5-3-11-33-12-4-6-17(33)15-36-21-14-29-10-9-18(21)24(25)32-23/h2,7-10,14,16-17,31-32H,3-6,11-13,15H2,1H3,(H,30,34)/t16-,17+/m0/s1. The second-order valence-electron chi connectivity index (χ2n) is 9.67. The van der Waals surface area contributed by atoms with Crippen molar-refractivity contribution in [1.82, 2.24) is 20.2 Å². The topological polar surface area (TPSA) is 91.5 Å². The summed E-state index contributed by atoms with van der Waals surface area (Å²) in [5, 5.41) is 6.40. The van der Waals surface area contributed by atoms with Crippen molar-refractivity contribution < 1.29 is 18.7 Å². The molecule has 0 radical (unpaired) electrons. The molecular weight excluding hydrogens is 461 g/mol. The zero-order valence-corrected chi connectivity index (χ0v) is 20.3. The highest BCUT2D eigenvalue weighted by Crippen LogP contribution is 2.44. The minimum atomic E-state index is -0.480. The van der Waals surface area contributed by atoms with E-state index in [1.807, 2.05) is 6.07 Å². The van der Waals surface area contributed by atoms with Gasteiger partial charge in [0, 0.05) is 36.0 Å². The maximum absolute atomic E-state index is 14.5. The predicted octanol–water partition coefficient (Wildman–Crippen LogP) is 4.43. The quantitative estimate of drug-likeness (QED) is 0.502. The van der Waals surface area contributed by atoms with Crippen LogP contribution in [0.3, 0.4) is 0 Å². The molecule has 2 bridgehead atoms. The molecule has 0 saturated carbocycles. The number of rotatable bonds is 3. The minimum Gasteiger partial charge on any atom is -0.492 e. The lowest BCUT2D eigenvalue weighted by molar-refractivity contribution is 0.0939. The number of carbonyl (C=O) groups is 1. The number of carbonyl (C=O) groups excluding carboxylic acids is 1. The summed E-state index contributed by atoms with van der Waals surface area (Å²) in [5.74, 6) is 0.243. The largest absolute Gasteiger partial charge is 0.492 e. The number of hydrogen-bond donors (Lipinski definition) is 3. The number of pyridine rings is 1. The van der Waals surface area contributed by atoms with Crippen LogP contribution in [0.5, 0.6) is 11.5 Å². The van der Waals surface area contributed by atoms with Crippen molar-refractivity contribution >= 4 is 17.3 Å². The van der Waals surface area contributed by atoms with Crippen LogP contribution in [-0.4, -0.2) is 60.2 Å². The molecule has 2 aromatic heterocycles. The molecule has 0 unspecified atom stereocenters. The molecule has 0 spiro atoms. The molecule has 3 N–H and O–H groups in total. The highest BCUT2D eigenvalue weighted by Gasteiger charge is 2.34. The first-order valence-electron chi connectivity index (χ1n) is 12.6. The summed E-state index contributed by atoms with van der Waals surface area (Å²) >= 11 is 0. The van der Waals surface area contributed by atoms with Gasteiger partial charge in [0.1, 0.15) is 12.4 Å². The van der Waals surface area contributed by atoms with E-state index in [1.54, 1.807) is 24.5 Å². The number of amides is 1. The van der Waals surface area contributed by atoms with Gasteiger partial charge >= 0.3 is 0 Å². The molecule has 1 aromatic carbocycles. The molecule has 1 amide bonds. The molecular formula is C27H30FN5O3. The Morgan fingerprint density at radius 2 is 2.08 bits per heavy atom. The van der Waals surface area contributed by atoms with E-state index in [1.165, 1.54) is 19.6 Å². The Kier molecular flexibility index (Phi) is 6.00. The first kappa shape index (κ1) is 22.8. The van der Waals surface area contributed by atoms with Crippen molar-refractivity contribution in [3.05, 3.63) is 53.7 Å². The van der Waals surface area contributed by atoms with E-state index < -0.39 is 5.82 Å². The Hall–Kier alpha value is -3.59. The van der Waals surface area contributed by atoms with Crippen molar-refractivity contribution in [3.8, 4) is 22.8 Å². The number of methoxy groups -OCH3 is 1. The zero-order chi connectivity index (χ0) is 24.6. The van der Waals surface area contributed by atoms with Gasteiger partial charge in [0.2, 0.25) is 0 Å². The van der Waals surface area contributed by atoms with Gasteiger partial charge < -0.3 is 25.1 Å². The molecule has 0 aliphatic carbocycles. The van der Waals surface area contributed by atoms with Crippen LogP contribution in [0.25, 0.3) is 11.3 Å². The molecule has 2 atom stereocenters. The number of ether oxygens (including phenoxy) is 2. The average molecular weight is 492 g/mol. The average Bonchev–Trinajstić information content (AvgIpc) is 3.49. The molecule has 188 valence electrons. The van der Waals surface area contributed by atoms with Crippen molar-refractivity contribution in [1.29, 1.82) is 0 Å². The maximum atomic E-state index is 14.5. The molecule has 3 aromatic rings. The van der Waals surface area contributed by atoms with E-state index in [2.05, 4.69) is 25.5 Å². The van der Waals surface area contributed by atoms with E-state index in [4.69, 9.17) is 9.47 Å². The molecule has 1 fully saturated rings. The number of nitrogens with zero attached hydrogens (tertiary/aromatic N) is 2. The Morgan fingerprint density at radius 3 is 2.94 bits per heavy atom. The van der Waals surface area contributed by atoms with Crippen LogP contribution in [0.4, 0.5) is 15.8 Å². The third-order valence-electron chi connectivity index (χ3n) is 7.59. The molecule has 3 aliphatic rings. The fraction of sp³-hybridized carbons (Fsp3) is 0.407. The normalized spacial score (nSPS) is 21.7. The zero-order valence-electron chi connectivity index (χ0n) is 20.3. The molecule has 3 aliphatic heterocycles. The number of anilines is 2. The second-order valence-corrected chi connectivity index (χ2v) is 9.67. The van der Waals surface area contributed by atoms with E-state index in [9.17, 15) is 9.18 Å². The Bertz CT molecular complexity index is 1290. The predicted molar refractivity (Wildman–Crippen MR) is 135 cm³/mol. The molecule has 1 saturated heterocycles.